The molecule has 17 aromatic rings. The highest BCUT2D eigenvalue weighted by molar-refractivity contribution is 7.27. The fourth-order valence-corrected chi connectivity index (χ4v) is 17.0. The number of fused-ring (bicyclic) bond motifs is 26. The van der Waals surface area contributed by atoms with Gasteiger partial charge in [0.05, 0.1) is 33.4 Å². The number of thiophene rings is 4. The fourth-order valence-electron chi connectivity index (χ4n) is 11.6. The zero-order valence-electron chi connectivity index (χ0n) is 39.9. The van der Waals surface area contributed by atoms with E-state index in [1.807, 2.05) is 53.0 Å². The van der Waals surface area contributed by atoms with Gasteiger partial charge in [-0.05, 0) is 59.6 Å². The Morgan fingerprint density at radius 1 is 0.416 bits per heavy atom. The van der Waals surface area contributed by atoms with Crippen molar-refractivity contribution >= 4 is 228 Å². The Bertz CT molecular complexity index is 5320. The van der Waals surface area contributed by atoms with E-state index in [1.54, 1.807) is 22.7 Å². The normalized spacial score (nSPS) is 12.4. The van der Waals surface area contributed by atoms with Crippen molar-refractivity contribution in [2.75, 3.05) is 0 Å². The zero-order valence-corrected chi connectivity index (χ0v) is 45.4. The van der Waals surface area contributed by atoms with Crippen LogP contribution in [0.3, 0.4) is 0 Å². The fraction of sp³-hybridized carbons (Fsp3) is 0. The van der Waals surface area contributed by atoms with Crippen LogP contribution in [-0.2, 0) is 0 Å². The van der Waals surface area contributed by atoms with Crippen LogP contribution in [0.1, 0.15) is 11.1 Å². The molecule has 6 nitrogen and oxygen atoms in total. The maximum Gasteiger partial charge on any atom is 0.225 e. The summed E-state index contributed by atoms with van der Waals surface area (Å²) in [5, 5.41) is 17.9. The van der Waals surface area contributed by atoms with Crippen LogP contribution in [0.25, 0.3) is 153 Å². The molecule has 0 spiro atoms. The molecule has 77 heavy (non-hydrogen) atoms. The smallest absolute Gasteiger partial charge is 0.225 e. The molecule has 8 heterocycles. The molecule has 362 valence electrons. The summed E-state index contributed by atoms with van der Waals surface area (Å²) in [4.78, 5) is 23.1. The second kappa shape index (κ2) is 17.6. The predicted octanol–water partition coefficient (Wildman–Crippen LogP) is 20.8. The minimum atomic E-state index is 0.194. The van der Waals surface area contributed by atoms with Crippen LogP contribution in [0.15, 0.2) is 176 Å². The first-order chi connectivity index (χ1) is 37.9. The largest absolute Gasteiger partial charge is 0.352 e. The Hall–Kier alpha value is -7.86. The second-order valence-electron chi connectivity index (χ2n) is 18.8. The Labute approximate surface area is 468 Å². The van der Waals surface area contributed by atoms with Crippen LogP contribution in [0, 0.1) is 6.08 Å². The lowest BCUT2D eigenvalue weighted by atomic mass is 9.95. The number of rotatable bonds is 1. The van der Waals surface area contributed by atoms with E-state index in [4.69, 9.17) is 39.8 Å². The number of hydrogen-bond donors (Lipinski definition) is 1. The molecule has 1 N–H and O–H groups in total. The molecule has 0 amide bonds. The Balaban J connectivity index is 0.000000108. The lowest BCUT2D eigenvalue weighted by Crippen LogP contribution is -2.00. The summed E-state index contributed by atoms with van der Waals surface area (Å²) >= 11 is 25.4. The number of allylic oxidation sites excluding steroid dienone is 2. The maximum atomic E-state index is 6.62. The van der Waals surface area contributed by atoms with Crippen LogP contribution >= 0.6 is 80.1 Å². The first-order valence-corrected chi connectivity index (χ1v) is 29.1. The number of para-hydroxylation sites is 2. The molecule has 0 fully saturated rings. The Morgan fingerprint density at radius 2 is 0.922 bits per heavy atom. The van der Waals surface area contributed by atoms with Gasteiger partial charge in [0.2, 0.25) is 10.6 Å². The van der Waals surface area contributed by atoms with Gasteiger partial charge >= 0.3 is 0 Å². The molecule has 0 radical (unpaired) electrons. The van der Waals surface area contributed by atoms with E-state index >= 15 is 0 Å². The van der Waals surface area contributed by atoms with E-state index in [9.17, 15) is 0 Å². The van der Waals surface area contributed by atoms with Gasteiger partial charge in [-0.15, -0.1) is 45.3 Å². The quantitative estimate of drug-likeness (QED) is 0.101. The molecule has 1 aliphatic carbocycles. The van der Waals surface area contributed by atoms with E-state index in [1.165, 1.54) is 99.5 Å². The van der Waals surface area contributed by atoms with Gasteiger partial charge in [-0.1, -0.05) is 145 Å². The molecule has 18 rings (SSSR count). The third kappa shape index (κ3) is 6.88. The van der Waals surface area contributed by atoms with Crippen molar-refractivity contribution < 1.29 is 0 Å². The molecule has 0 aliphatic heterocycles. The van der Waals surface area contributed by atoms with Gasteiger partial charge in [-0.25, -0.2) is 15.0 Å². The van der Waals surface area contributed by atoms with Gasteiger partial charge in [0, 0.05) is 99.7 Å². The highest BCUT2D eigenvalue weighted by Gasteiger charge is 2.27. The van der Waals surface area contributed by atoms with E-state index < -0.39 is 0 Å². The lowest BCUT2D eigenvalue weighted by Gasteiger charge is -2.11. The Kier molecular flexibility index (Phi) is 10.4. The average molecular weight is 1120 g/mol. The van der Waals surface area contributed by atoms with Crippen LogP contribution in [-0.4, -0.2) is 29.5 Å². The molecule has 0 atom stereocenters. The maximum absolute atomic E-state index is 6.62. The minimum absolute atomic E-state index is 0.194. The van der Waals surface area contributed by atoms with Crippen molar-refractivity contribution in [3.05, 3.63) is 209 Å². The zero-order chi connectivity index (χ0) is 51.0. The average Bonchev–Trinajstić information content (AvgIpc) is 4.48. The molecular weight excluding hydrogens is 1090 g/mol. The van der Waals surface area contributed by atoms with Gasteiger partial charge in [-0.2, -0.15) is 4.98 Å². The van der Waals surface area contributed by atoms with Gasteiger partial charge < -0.3 is 4.98 Å². The Morgan fingerprint density at radius 3 is 1.61 bits per heavy atom. The van der Waals surface area contributed by atoms with E-state index in [-0.39, 0.29) is 10.6 Å². The number of benzene rings is 9. The van der Waals surface area contributed by atoms with Crippen molar-refractivity contribution in [2.45, 2.75) is 0 Å². The molecule has 8 aromatic heterocycles. The number of nitrogens with zero attached hydrogens (tertiary/aromatic N) is 5. The second-order valence-corrected chi connectivity index (χ2v) is 24.0. The first kappa shape index (κ1) is 45.3. The monoisotopic (exact) mass is 1120 g/mol. The summed E-state index contributed by atoms with van der Waals surface area (Å²) in [5.74, 6) is 0.827. The van der Waals surface area contributed by atoms with Crippen LogP contribution in [0.4, 0.5) is 0 Å². The summed E-state index contributed by atoms with van der Waals surface area (Å²) in [6.45, 7) is 0. The number of aromatic nitrogens is 6. The number of halogens is 3. The predicted molar refractivity (Wildman–Crippen MR) is 335 cm³/mol. The lowest BCUT2D eigenvalue weighted by molar-refractivity contribution is 1.08. The van der Waals surface area contributed by atoms with E-state index in [0.717, 1.165) is 52.8 Å². The molecule has 0 bridgehead atoms. The number of hydrogen-bond acceptors (Lipinski definition) is 8. The SMILES string of the molecule is Clc1nc(-n2c3ccccc3c3c4c5ccccc5sc4c4ccccc4c32)c2c(n1)sc1ccccc12.Clc1nc(Cl)c2c(n1)sc1ccccc12.[C+]1=Cc2c(c3[nH]c4ccccc4c3c3c2sc2ccccc23)C=C1. The van der Waals surface area contributed by atoms with Crippen LogP contribution in [0.5, 0.6) is 0 Å². The first-order valence-electron chi connectivity index (χ1n) is 24.7. The number of nitrogens with one attached hydrogen (secondary N) is 1. The van der Waals surface area contributed by atoms with Crippen molar-refractivity contribution in [1.29, 1.82) is 0 Å². The van der Waals surface area contributed by atoms with Crippen molar-refractivity contribution in [3.63, 3.8) is 0 Å². The van der Waals surface area contributed by atoms with Crippen molar-refractivity contribution in [2.24, 2.45) is 0 Å². The minimum Gasteiger partial charge on any atom is -0.352 e. The topological polar surface area (TPSA) is 72.3 Å². The summed E-state index contributed by atoms with van der Waals surface area (Å²) in [7, 11) is 0. The number of aromatic amines is 1. The molecule has 9 aromatic carbocycles. The van der Waals surface area contributed by atoms with Crippen LogP contribution < -0.4 is 0 Å². The molecular formula is C64H32Cl3N6S4+. The summed E-state index contributed by atoms with van der Waals surface area (Å²) in [6, 6.07) is 59.9. The van der Waals surface area contributed by atoms with Crippen molar-refractivity contribution in [3.8, 4) is 5.82 Å². The molecule has 0 saturated heterocycles. The van der Waals surface area contributed by atoms with E-state index in [0.29, 0.717) is 5.15 Å². The summed E-state index contributed by atoms with van der Waals surface area (Å²) < 4.78 is 9.98. The molecule has 0 saturated carbocycles. The third-order valence-corrected chi connectivity index (χ3v) is 19.8. The third-order valence-electron chi connectivity index (χ3n) is 14.6. The summed E-state index contributed by atoms with van der Waals surface area (Å²) in [6.07, 6.45) is 9.57. The van der Waals surface area contributed by atoms with Crippen molar-refractivity contribution in [1.82, 2.24) is 29.5 Å². The summed E-state index contributed by atoms with van der Waals surface area (Å²) in [5.41, 5.74) is 7.26. The van der Waals surface area contributed by atoms with Gasteiger partial charge in [0.15, 0.2) is 5.82 Å². The highest BCUT2D eigenvalue weighted by atomic mass is 35.5. The molecule has 13 heteroatoms. The van der Waals surface area contributed by atoms with Gasteiger partial charge in [0.1, 0.15) is 42.8 Å². The molecule has 0 unspecified atom stereocenters. The van der Waals surface area contributed by atoms with E-state index in [2.05, 4.69) is 188 Å². The van der Waals surface area contributed by atoms with Gasteiger partial charge in [-0.3, -0.25) is 4.57 Å². The highest BCUT2D eigenvalue weighted by Crippen LogP contribution is 2.50. The van der Waals surface area contributed by atoms with Gasteiger partial charge in [0.25, 0.3) is 0 Å². The van der Waals surface area contributed by atoms with Crippen LogP contribution in [0.2, 0.25) is 15.7 Å². The molecule has 1 aliphatic rings. The number of H-pyrrole nitrogens is 1. The standard InChI is InChI=1S/C32H16ClN3S2.C22H12NS.C10H4Cl2N2S/c33-32-34-30(27-21-13-5-8-16-24(21)38-31(27)35-32)36-22-14-6-3-11-19(22)25-26-20-12-4-7-15-23(20)37-29(26)18-10-2-1-9-17(18)28(25)36;1-2-8-14-13(7-1)21-19(15-9-3-5-11-17(15)23-21)20-16-10-4-6-12-18(16)24-22(14)20;11-8-7-5-3-1-2-4-6(5)15-9(7)14-10(12)13-8/h1-16H;1,3-12,23H;1-4H/q;+1;.